The highest BCUT2D eigenvalue weighted by Crippen LogP contribution is 2.36. The summed E-state index contributed by atoms with van der Waals surface area (Å²) in [7, 11) is 0. The molecule has 0 aliphatic carbocycles. The maximum Gasteiger partial charge on any atom is 0.416 e. The van der Waals surface area contributed by atoms with Gasteiger partial charge in [0.1, 0.15) is 5.82 Å². The smallest absolute Gasteiger partial charge is 0.271 e. The Morgan fingerprint density at radius 3 is 2.53 bits per heavy atom. The fourth-order valence-electron chi connectivity index (χ4n) is 1.77. The lowest BCUT2D eigenvalue weighted by Gasteiger charge is -2.21. The molecule has 19 heavy (non-hydrogen) atoms. The van der Waals surface area contributed by atoms with Crippen molar-refractivity contribution in [2.45, 2.75) is 32.0 Å². The molecule has 0 saturated carbocycles. The van der Waals surface area contributed by atoms with Crippen LogP contribution < -0.4 is 11.3 Å². The molecular formula is C13H16F4N2. The highest BCUT2D eigenvalue weighted by Gasteiger charge is 2.35. The van der Waals surface area contributed by atoms with Crippen LogP contribution in [0.3, 0.4) is 0 Å². The topological polar surface area (TPSA) is 38.0 Å². The predicted octanol–water partition coefficient (Wildman–Crippen LogP) is 3.71. The fraction of sp³-hybridized carbons (Fsp3) is 0.385. The van der Waals surface area contributed by atoms with Crippen molar-refractivity contribution in [3.63, 3.8) is 0 Å². The molecule has 0 aliphatic rings. The summed E-state index contributed by atoms with van der Waals surface area (Å²) in [5, 5.41) is 0. The predicted molar refractivity (Wildman–Crippen MR) is 65.5 cm³/mol. The Balaban J connectivity index is 3.21. The summed E-state index contributed by atoms with van der Waals surface area (Å²) in [6.07, 6.45) is -3.71. The number of benzene rings is 1. The molecule has 6 heteroatoms. The Morgan fingerprint density at radius 2 is 2.05 bits per heavy atom. The molecule has 0 heterocycles. The van der Waals surface area contributed by atoms with Crippen molar-refractivity contribution >= 4 is 0 Å². The lowest BCUT2D eigenvalue weighted by atomic mass is 9.94. The van der Waals surface area contributed by atoms with Crippen molar-refractivity contribution in [1.82, 2.24) is 5.43 Å². The number of hydrogen-bond acceptors (Lipinski definition) is 2. The standard InChI is InChI=1S/C13H16F4N2/c1-3-8(2)6-12(19-18)10-7-9(14)4-5-11(10)13(15,16)17/h4-5,7,12,19H,2-3,6,18H2,1H3. The van der Waals surface area contributed by atoms with Crippen LogP contribution in [0.25, 0.3) is 0 Å². The van der Waals surface area contributed by atoms with Gasteiger partial charge in [0.15, 0.2) is 0 Å². The second-order valence-electron chi connectivity index (χ2n) is 4.26. The van der Waals surface area contributed by atoms with Gasteiger partial charge in [-0.3, -0.25) is 11.3 Å². The van der Waals surface area contributed by atoms with E-state index in [9.17, 15) is 17.6 Å². The molecule has 0 saturated heterocycles. The second-order valence-corrected chi connectivity index (χ2v) is 4.26. The van der Waals surface area contributed by atoms with Crippen molar-refractivity contribution in [2.24, 2.45) is 5.84 Å². The fourth-order valence-corrected chi connectivity index (χ4v) is 1.77. The van der Waals surface area contributed by atoms with Crippen LogP contribution in [0.2, 0.25) is 0 Å². The summed E-state index contributed by atoms with van der Waals surface area (Å²) >= 11 is 0. The van der Waals surface area contributed by atoms with Gasteiger partial charge in [-0.1, -0.05) is 19.1 Å². The van der Waals surface area contributed by atoms with Crippen molar-refractivity contribution in [1.29, 1.82) is 0 Å². The number of hydrogen-bond donors (Lipinski definition) is 2. The quantitative estimate of drug-likeness (QED) is 0.372. The van der Waals surface area contributed by atoms with Gasteiger partial charge < -0.3 is 0 Å². The molecular weight excluding hydrogens is 260 g/mol. The van der Waals surface area contributed by atoms with E-state index in [4.69, 9.17) is 5.84 Å². The molecule has 1 aromatic rings. The van der Waals surface area contributed by atoms with E-state index < -0.39 is 23.6 Å². The first-order chi connectivity index (χ1) is 8.79. The van der Waals surface area contributed by atoms with E-state index in [0.29, 0.717) is 6.42 Å². The maximum absolute atomic E-state index is 13.2. The van der Waals surface area contributed by atoms with Gasteiger partial charge >= 0.3 is 6.18 Å². The van der Waals surface area contributed by atoms with Crippen molar-refractivity contribution in [3.8, 4) is 0 Å². The zero-order valence-corrected chi connectivity index (χ0v) is 10.5. The molecule has 106 valence electrons. The average molecular weight is 276 g/mol. The van der Waals surface area contributed by atoms with Crippen LogP contribution in [0.4, 0.5) is 17.6 Å². The third-order valence-corrected chi connectivity index (χ3v) is 2.89. The lowest BCUT2D eigenvalue weighted by molar-refractivity contribution is -0.138. The Kier molecular flexibility index (Phi) is 5.08. The number of alkyl halides is 3. The summed E-state index contributed by atoms with van der Waals surface area (Å²) in [6.45, 7) is 5.57. The Bertz CT molecular complexity index is 454. The molecule has 0 fully saturated rings. The summed E-state index contributed by atoms with van der Waals surface area (Å²) in [6, 6.07) is 1.55. The minimum atomic E-state index is -4.55. The normalized spacial score (nSPS) is 13.4. The van der Waals surface area contributed by atoms with Crippen LogP contribution >= 0.6 is 0 Å². The van der Waals surface area contributed by atoms with Gasteiger partial charge in [0.2, 0.25) is 0 Å². The average Bonchev–Trinajstić information content (AvgIpc) is 2.33. The molecule has 0 aliphatic heterocycles. The van der Waals surface area contributed by atoms with Gasteiger partial charge in [0.05, 0.1) is 11.6 Å². The van der Waals surface area contributed by atoms with E-state index in [0.717, 1.165) is 23.8 Å². The van der Waals surface area contributed by atoms with E-state index in [1.54, 1.807) is 0 Å². The molecule has 0 amide bonds. The maximum atomic E-state index is 13.2. The van der Waals surface area contributed by atoms with Gasteiger partial charge in [0, 0.05) is 0 Å². The molecule has 0 aromatic heterocycles. The van der Waals surface area contributed by atoms with E-state index in [1.807, 2.05) is 6.92 Å². The molecule has 1 rings (SSSR count). The molecule has 1 atom stereocenters. The third-order valence-electron chi connectivity index (χ3n) is 2.89. The summed E-state index contributed by atoms with van der Waals surface area (Å²) < 4.78 is 51.8. The number of nitrogens with two attached hydrogens (primary N) is 1. The number of rotatable bonds is 5. The molecule has 0 spiro atoms. The highest BCUT2D eigenvalue weighted by atomic mass is 19.4. The van der Waals surface area contributed by atoms with Gasteiger partial charge in [-0.25, -0.2) is 4.39 Å². The molecule has 3 N–H and O–H groups in total. The molecule has 0 bridgehead atoms. The monoisotopic (exact) mass is 276 g/mol. The Morgan fingerprint density at radius 1 is 1.42 bits per heavy atom. The first kappa shape index (κ1) is 15.7. The molecule has 1 aromatic carbocycles. The van der Waals surface area contributed by atoms with Crippen LogP contribution in [-0.2, 0) is 6.18 Å². The van der Waals surface area contributed by atoms with Crippen LogP contribution in [0.1, 0.15) is 36.9 Å². The zero-order valence-electron chi connectivity index (χ0n) is 10.5. The van der Waals surface area contributed by atoms with Gasteiger partial charge in [-0.15, -0.1) is 0 Å². The van der Waals surface area contributed by atoms with E-state index in [2.05, 4.69) is 12.0 Å². The van der Waals surface area contributed by atoms with Crippen LogP contribution in [-0.4, -0.2) is 0 Å². The van der Waals surface area contributed by atoms with Crippen molar-refractivity contribution in [3.05, 3.63) is 47.3 Å². The van der Waals surface area contributed by atoms with E-state index in [1.165, 1.54) is 0 Å². The van der Waals surface area contributed by atoms with Crippen LogP contribution in [0.15, 0.2) is 30.4 Å². The summed E-state index contributed by atoms with van der Waals surface area (Å²) in [5.74, 6) is 4.56. The van der Waals surface area contributed by atoms with Crippen molar-refractivity contribution in [2.75, 3.05) is 0 Å². The van der Waals surface area contributed by atoms with Crippen LogP contribution in [0, 0.1) is 5.82 Å². The number of nitrogens with one attached hydrogen (secondary N) is 1. The molecule has 2 nitrogen and oxygen atoms in total. The number of hydrazine groups is 1. The third kappa shape index (κ3) is 4.04. The largest absolute Gasteiger partial charge is 0.416 e. The number of halogens is 4. The minimum Gasteiger partial charge on any atom is -0.271 e. The first-order valence-electron chi connectivity index (χ1n) is 5.79. The van der Waals surface area contributed by atoms with E-state index in [-0.39, 0.29) is 12.0 Å². The summed E-state index contributed by atoms with van der Waals surface area (Å²) in [5.41, 5.74) is 1.94. The molecule has 1 unspecified atom stereocenters. The first-order valence-corrected chi connectivity index (χ1v) is 5.79. The highest BCUT2D eigenvalue weighted by molar-refractivity contribution is 5.33. The Labute approximate surface area is 109 Å². The minimum absolute atomic E-state index is 0.204. The molecule has 0 radical (unpaired) electrons. The SMILES string of the molecule is C=C(CC)CC(NN)c1cc(F)ccc1C(F)(F)F. The lowest BCUT2D eigenvalue weighted by Crippen LogP contribution is -2.30. The second kappa shape index (κ2) is 6.16. The van der Waals surface area contributed by atoms with Crippen molar-refractivity contribution < 1.29 is 17.6 Å². The Hall–Kier alpha value is -1.40. The van der Waals surface area contributed by atoms with Gasteiger partial charge in [-0.2, -0.15) is 13.2 Å². The van der Waals surface area contributed by atoms with E-state index >= 15 is 0 Å². The van der Waals surface area contributed by atoms with Gasteiger partial charge in [0.25, 0.3) is 0 Å². The van der Waals surface area contributed by atoms with Gasteiger partial charge in [-0.05, 0) is 36.6 Å². The van der Waals surface area contributed by atoms with Crippen LogP contribution in [0.5, 0.6) is 0 Å². The zero-order chi connectivity index (χ0) is 14.6. The summed E-state index contributed by atoms with van der Waals surface area (Å²) in [4.78, 5) is 0.